The van der Waals surface area contributed by atoms with Gasteiger partial charge in [-0.25, -0.2) is 0 Å². The summed E-state index contributed by atoms with van der Waals surface area (Å²) in [7, 11) is 9.18. The molecule has 0 saturated carbocycles. The molecule has 0 aliphatic carbocycles. The number of hydrogen-bond donors (Lipinski definition) is 9. The average Bonchev–Trinajstić information content (AvgIpc) is 3.10. The molecule has 0 saturated heterocycles. The summed E-state index contributed by atoms with van der Waals surface area (Å²) in [6, 6.07) is -3.37. The lowest BCUT2D eigenvalue weighted by Gasteiger charge is -2.25. The molecule has 52 heavy (non-hydrogen) atoms. The second-order valence-corrected chi connectivity index (χ2v) is 13.7. The molecule has 9 N–H and O–H groups in total. The van der Waals surface area contributed by atoms with Crippen LogP contribution in [0, 0.1) is 0 Å². The van der Waals surface area contributed by atoms with Gasteiger partial charge in [-0.1, -0.05) is 6.42 Å². The molecule has 0 radical (unpaired) electrons. The van der Waals surface area contributed by atoms with Gasteiger partial charge in [0.2, 0.25) is 23.6 Å². The van der Waals surface area contributed by atoms with Crippen molar-refractivity contribution >= 4 is 35.2 Å². The second-order valence-electron chi connectivity index (χ2n) is 13.7. The lowest BCUT2D eigenvalue weighted by molar-refractivity contribution is -0.132. The zero-order chi connectivity index (χ0) is 39.1. The van der Waals surface area contributed by atoms with Gasteiger partial charge in [0.25, 0.3) is 0 Å². The summed E-state index contributed by atoms with van der Waals surface area (Å²) in [6.45, 7) is 6.09. The van der Waals surface area contributed by atoms with Crippen molar-refractivity contribution in [2.75, 3.05) is 61.4 Å². The molecule has 0 spiro atoms. The molecule has 0 aliphatic rings. The van der Waals surface area contributed by atoms with E-state index in [9.17, 15) is 28.8 Å². The van der Waals surface area contributed by atoms with Crippen LogP contribution in [0.25, 0.3) is 0 Å². The van der Waals surface area contributed by atoms with Crippen molar-refractivity contribution < 1.29 is 28.8 Å². The summed E-state index contributed by atoms with van der Waals surface area (Å²) in [4.78, 5) is 78.0. The first-order valence-electron chi connectivity index (χ1n) is 19.4. The lowest BCUT2D eigenvalue weighted by atomic mass is 10.0. The van der Waals surface area contributed by atoms with Crippen LogP contribution in [0.5, 0.6) is 0 Å². The number of unbranched alkanes of at least 4 members (excludes halogenated alkanes) is 4. The van der Waals surface area contributed by atoms with E-state index < -0.39 is 47.9 Å². The third kappa shape index (κ3) is 24.3. The number of amides is 4. The Morgan fingerprint density at radius 2 is 0.827 bits per heavy atom. The third-order valence-corrected chi connectivity index (χ3v) is 9.04. The van der Waals surface area contributed by atoms with E-state index in [2.05, 4.69) is 47.9 Å². The Hall–Kier alpha value is -2.98. The van der Waals surface area contributed by atoms with Gasteiger partial charge in [0.05, 0.1) is 12.1 Å². The minimum atomic E-state index is -0.833. The standard InChI is InChI=1S/C37H73N9O6/c1-27(47)26-29(43-36(51)33(19-11-15-25-41-6)46-35(50)31(42-7)17-9-13-23-39-4)20-21-34(49)44-32(18-10-14-24-40-5)37(52)45-30(28(2)48)16-8-12-22-38-3/h29-33,38-42H,8-26H2,1-7H3,(H,43,51)(H,44,49)(H,45,52)(H,46,50). The van der Waals surface area contributed by atoms with Crippen LogP contribution in [0.4, 0.5) is 0 Å². The van der Waals surface area contributed by atoms with Crippen molar-refractivity contribution in [2.45, 2.75) is 140 Å². The Kier molecular flexibility index (Phi) is 29.7. The van der Waals surface area contributed by atoms with Gasteiger partial charge in [0.1, 0.15) is 17.9 Å². The first kappa shape index (κ1) is 49.0. The molecule has 0 rings (SSSR count). The average molecular weight is 740 g/mol. The van der Waals surface area contributed by atoms with Gasteiger partial charge in [-0.05, 0) is 152 Å². The highest BCUT2D eigenvalue weighted by molar-refractivity contribution is 5.92. The van der Waals surface area contributed by atoms with Crippen LogP contribution in [-0.2, 0) is 28.8 Å². The predicted molar refractivity (Wildman–Crippen MR) is 207 cm³/mol. The Morgan fingerprint density at radius 1 is 0.442 bits per heavy atom. The van der Waals surface area contributed by atoms with E-state index in [1.165, 1.54) is 13.8 Å². The van der Waals surface area contributed by atoms with Gasteiger partial charge in [0.15, 0.2) is 5.78 Å². The molecule has 4 amide bonds. The van der Waals surface area contributed by atoms with E-state index in [0.717, 1.165) is 64.7 Å². The van der Waals surface area contributed by atoms with Crippen molar-refractivity contribution in [3.63, 3.8) is 0 Å². The van der Waals surface area contributed by atoms with Crippen LogP contribution < -0.4 is 47.9 Å². The van der Waals surface area contributed by atoms with Gasteiger partial charge in [-0.3, -0.25) is 28.8 Å². The van der Waals surface area contributed by atoms with Crippen LogP contribution in [0.1, 0.15) is 110 Å². The van der Waals surface area contributed by atoms with E-state index in [1.807, 2.05) is 28.2 Å². The quantitative estimate of drug-likeness (QED) is 0.0413. The van der Waals surface area contributed by atoms with Crippen molar-refractivity contribution in [2.24, 2.45) is 0 Å². The SMILES string of the molecule is CNCCCCC(NC(=O)C(CCCCNC)NC(=O)CCC(CC(C)=O)NC(=O)C(CCCCNC)NC(=O)C(CCCCNC)NC)C(C)=O. The summed E-state index contributed by atoms with van der Waals surface area (Å²) in [5.41, 5.74) is 0. The highest BCUT2D eigenvalue weighted by Gasteiger charge is 2.28. The molecule has 5 unspecified atom stereocenters. The number of likely N-dealkylation sites (N-methyl/N-ethyl adjacent to an activating group) is 1. The zero-order valence-electron chi connectivity index (χ0n) is 33.3. The Bertz CT molecular complexity index is 1030. The van der Waals surface area contributed by atoms with Crippen LogP contribution in [-0.4, -0.2) is 127 Å². The molecule has 15 heteroatoms. The number of rotatable bonds is 34. The summed E-state index contributed by atoms with van der Waals surface area (Å²) in [5, 5.41) is 27.0. The summed E-state index contributed by atoms with van der Waals surface area (Å²) < 4.78 is 0. The van der Waals surface area contributed by atoms with E-state index in [0.29, 0.717) is 38.5 Å². The monoisotopic (exact) mass is 740 g/mol. The van der Waals surface area contributed by atoms with Crippen LogP contribution >= 0.6 is 0 Å². The van der Waals surface area contributed by atoms with E-state index in [-0.39, 0.29) is 36.7 Å². The molecule has 0 aromatic rings. The Balaban J connectivity index is 5.67. The van der Waals surface area contributed by atoms with Gasteiger partial charge < -0.3 is 47.9 Å². The van der Waals surface area contributed by atoms with Crippen molar-refractivity contribution in [3.05, 3.63) is 0 Å². The van der Waals surface area contributed by atoms with Gasteiger partial charge in [-0.15, -0.1) is 0 Å². The second kappa shape index (κ2) is 31.5. The molecule has 0 aromatic heterocycles. The molecule has 15 nitrogen and oxygen atoms in total. The number of ketones is 2. The minimum Gasteiger partial charge on any atom is -0.351 e. The molecular weight excluding hydrogens is 666 g/mol. The van der Waals surface area contributed by atoms with Crippen molar-refractivity contribution in [3.8, 4) is 0 Å². The Morgan fingerprint density at radius 3 is 1.25 bits per heavy atom. The summed E-state index contributed by atoms with van der Waals surface area (Å²) in [6.07, 6.45) is 8.51. The smallest absolute Gasteiger partial charge is 0.243 e. The molecule has 0 aliphatic heterocycles. The highest BCUT2D eigenvalue weighted by atomic mass is 16.2. The van der Waals surface area contributed by atoms with E-state index >= 15 is 0 Å². The maximum absolute atomic E-state index is 13.6. The molecule has 0 bridgehead atoms. The molecule has 0 aromatic carbocycles. The maximum Gasteiger partial charge on any atom is 0.243 e. The summed E-state index contributed by atoms with van der Waals surface area (Å²) >= 11 is 0. The maximum atomic E-state index is 13.6. The minimum absolute atomic E-state index is 0.0197. The third-order valence-electron chi connectivity index (χ3n) is 9.04. The molecular formula is C37H73N9O6. The first-order valence-corrected chi connectivity index (χ1v) is 19.4. The molecule has 302 valence electrons. The molecule has 5 atom stereocenters. The number of nitrogens with one attached hydrogen (secondary N) is 9. The highest BCUT2D eigenvalue weighted by Crippen LogP contribution is 2.11. The number of carbonyl (C=O) groups excluding carboxylic acids is 6. The molecule has 0 heterocycles. The van der Waals surface area contributed by atoms with Crippen molar-refractivity contribution in [1.29, 1.82) is 0 Å². The topological polar surface area (TPSA) is 211 Å². The number of Topliss-reactive ketones (excluding diaryl/α,β-unsaturated/α-hetero) is 2. The van der Waals surface area contributed by atoms with Gasteiger partial charge >= 0.3 is 0 Å². The largest absolute Gasteiger partial charge is 0.351 e. The zero-order valence-corrected chi connectivity index (χ0v) is 33.3. The fourth-order valence-corrected chi connectivity index (χ4v) is 5.91. The van der Waals surface area contributed by atoms with Gasteiger partial charge in [0, 0.05) is 18.9 Å². The summed E-state index contributed by atoms with van der Waals surface area (Å²) in [5.74, 6) is -1.74. The number of hydrogen-bond acceptors (Lipinski definition) is 11. The van der Waals surface area contributed by atoms with Gasteiger partial charge in [-0.2, -0.15) is 0 Å². The number of carbonyl (C=O) groups is 6. The van der Waals surface area contributed by atoms with Crippen LogP contribution in [0.2, 0.25) is 0 Å². The molecule has 0 fully saturated rings. The lowest BCUT2D eigenvalue weighted by Crippen LogP contribution is -2.54. The first-order chi connectivity index (χ1) is 24.9. The van der Waals surface area contributed by atoms with Crippen molar-refractivity contribution in [1.82, 2.24) is 47.9 Å². The van der Waals surface area contributed by atoms with E-state index in [4.69, 9.17) is 0 Å². The van der Waals surface area contributed by atoms with Crippen LogP contribution in [0.15, 0.2) is 0 Å². The Labute approximate surface area is 313 Å². The predicted octanol–water partition coefficient (Wildman–Crippen LogP) is 0.421. The van der Waals surface area contributed by atoms with E-state index in [1.54, 1.807) is 7.05 Å². The fraction of sp³-hybridized carbons (Fsp3) is 0.838. The fourth-order valence-electron chi connectivity index (χ4n) is 5.91. The normalized spacial score (nSPS) is 14.1. The van der Waals surface area contributed by atoms with Crippen LogP contribution in [0.3, 0.4) is 0 Å².